The molecule has 0 radical (unpaired) electrons. The monoisotopic (exact) mass is 376 g/mol. The van der Waals surface area contributed by atoms with Crippen LogP contribution in [0.25, 0.3) is 16.6 Å². The van der Waals surface area contributed by atoms with E-state index in [2.05, 4.69) is 5.10 Å². The maximum atomic E-state index is 13.3. The molecule has 0 N–H and O–H groups in total. The summed E-state index contributed by atoms with van der Waals surface area (Å²) < 4.78 is 3.24. The van der Waals surface area contributed by atoms with E-state index in [9.17, 15) is 4.79 Å². The maximum Gasteiger partial charge on any atom is 0.293 e. The van der Waals surface area contributed by atoms with E-state index in [0.29, 0.717) is 23.0 Å². The lowest BCUT2D eigenvalue weighted by Gasteiger charge is -2.10. The van der Waals surface area contributed by atoms with E-state index in [1.165, 1.54) is 0 Å². The van der Waals surface area contributed by atoms with Crippen LogP contribution in [0.4, 0.5) is 0 Å². The van der Waals surface area contributed by atoms with E-state index in [4.69, 9.17) is 16.7 Å². The molecular formula is C21H17ClN4O. The third-order valence-corrected chi connectivity index (χ3v) is 5.14. The van der Waals surface area contributed by atoms with Gasteiger partial charge in [0.05, 0.1) is 24.1 Å². The molecule has 0 unspecified atom stereocenters. The van der Waals surface area contributed by atoms with Crippen LogP contribution in [0.2, 0.25) is 5.02 Å². The highest BCUT2D eigenvalue weighted by Crippen LogP contribution is 2.41. The number of halogens is 1. The quantitative estimate of drug-likeness (QED) is 0.537. The zero-order valence-electron chi connectivity index (χ0n) is 14.5. The third-order valence-electron chi connectivity index (χ3n) is 4.90. The van der Waals surface area contributed by atoms with Crippen LogP contribution in [0.15, 0.2) is 65.6 Å². The molecule has 5 rings (SSSR count). The van der Waals surface area contributed by atoms with E-state index in [0.717, 1.165) is 35.2 Å². The molecule has 0 bridgehead atoms. The number of hydrogen-bond acceptors (Lipinski definition) is 3. The Bertz CT molecular complexity index is 1190. The summed E-state index contributed by atoms with van der Waals surface area (Å²) in [6.07, 6.45) is 3.97. The number of rotatable bonds is 4. The standard InChI is InChI=1S/C21H17ClN4O/c22-16-7-4-8-17(11-16)26-20-18(12-23-26)19(15-9-10-15)24-25(21(20)27)13-14-5-2-1-3-6-14/h1-8,11-12,15H,9-10,13H2. The molecule has 1 saturated carbocycles. The summed E-state index contributed by atoms with van der Waals surface area (Å²) in [4.78, 5) is 13.3. The third kappa shape index (κ3) is 2.94. The average molecular weight is 377 g/mol. The van der Waals surface area contributed by atoms with E-state index in [1.807, 2.05) is 54.6 Å². The Balaban J connectivity index is 1.73. The lowest BCUT2D eigenvalue weighted by molar-refractivity contribution is 0.626. The SMILES string of the molecule is O=c1c2c(cnn2-c2cccc(Cl)c2)c(C2CC2)nn1Cc1ccccc1. The summed E-state index contributed by atoms with van der Waals surface area (Å²) in [6.45, 7) is 0.441. The first-order valence-corrected chi connectivity index (χ1v) is 9.37. The van der Waals surface area contributed by atoms with Crippen LogP contribution in [0.3, 0.4) is 0 Å². The lowest BCUT2D eigenvalue weighted by atomic mass is 10.2. The molecule has 6 heteroatoms. The first-order valence-electron chi connectivity index (χ1n) is 8.99. The molecule has 4 aromatic rings. The summed E-state index contributed by atoms with van der Waals surface area (Å²) in [7, 11) is 0. The smallest absolute Gasteiger partial charge is 0.265 e. The Kier molecular flexibility index (Phi) is 3.83. The first-order chi connectivity index (χ1) is 13.2. The van der Waals surface area contributed by atoms with Gasteiger partial charge >= 0.3 is 0 Å². The number of aromatic nitrogens is 4. The Hall–Kier alpha value is -2.92. The van der Waals surface area contributed by atoms with Crippen molar-refractivity contribution in [1.82, 2.24) is 19.6 Å². The van der Waals surface area contributed by atoms with Gasteiger partial charge in [0.1, 0.15) is 5.52 Å². The summed E-state index contributed by atoms with van der Waals surface area (Å²) in [5.41, 5.74) is 3.20. The lowest BCUT2D eigenvalue weighted by Crippen LogP contribution is -2.26. The van der Waals surface area contributed by atoms with E-state index >= 15 is 0 Å². The fraction of sp³-hybridized carbons (Fsp3) is 0.190. The van der Waals surface area contributed by atoms with Gasteiger partial charge in [0.2, 0.25) is 0 Å². The zero-order valence-corrected chi connectivity index (χ0v) is 15.3. The molecule has 2 aromatic carbocycles. The molecule has 27 heavy (non-hydrogen) atoms. The van der Waals surface area contributed by atoms with Crippen LogP contribution >= 0.6 is 11.6 Å². The molecule has 0 atom stereocenters. The average Bonchev–Trinajstić information content (AvgIpc) is 3.42. The molecule has 0 aliphatic heterocycles. The first kappa shape index (κ1) is 16.3. The van der Waals surface area contributed by atoms with Crippen LogP contribution in [0, 0.1) is 0 Å². The van der Waals surface area contributed by atoms with E-state index < -0.39 is 0 Å². The predicted octanol–water partition coefficient (Wildman–Crippen LogP) is 4.16. The van der Waals surface area contributed by atoms with E-state index in [1.54, 1.807) is 15.6 Å². The van der Waals surface area contributed by atoms with Gasteiger partial charge in [-0.25, -0.2) is 9.36 Å². The number of benzene rings is 2. The molecule has 0 saturated heterocycles. The normalized spacial score (nSPS) is 14.0. The number of hydrogen-bond donors (Lipinski definition) is 0. The Morgan fingerprint density at radius 1 is 1.07 bits per heavy atom. The van der Waals surface area contributed by atoms with E-state index in [-0.39, 0.29) is 5.56 Å². The molecule has 1 fully saturated rings. The number of fused-ring (bicyclic) bond motifs is 1. The van der Waals surface area contributed by atoms with Crippen LogP contribution in [-0.4, -0.2) is 19.6 Å². The van der Waals surface area contributed by atoms with Crippen molar-refractivity contribution in [2.24, 2.45) is 0 Å². The van der Waals surface area contributed by atoms with Crippen LogP contribution in [0.5, 0.6) is 0 Å². The van der Waals surface area contributed by atoms with Gasteiger partial charge in [0.25, 0.3) is 5.56 Å². The highest BCUT2D eigenvalue weighted by Gasteiger charge is 2.30. The molecule has 5 nitrogen and oxygen atoms in total. The Morgan fingerprint density at radius 2 is 1.89 bits per heavy atom. The Labute approximate surface area is 160 Å². The minimum atomic E-state index is -0.143. The molecule has 134 valence electrons. The second-order valence-electron chi connectivity index (χ2n) is 6.91. The molecular weight excluding hydrogens is 360 g/mol. The minimum absolute atomic E-state index is 0.143. The second-order valence-corrected chi connectivity index (χ2v) is 7.34. The van der Waals surface area contributed by atoms with Gasteiger partial charge in [0, 0.05) is 16.3 Å². The van der Waals surface area contributed by atoms with Crippen molar-refractivity contribution in [2.45, 2.75) is 25.3 Å². The summed E-state index contributed by atoms with van der Waals surface area (Å²) >= 11 is 6.15. The van der Waals surface area contributed by atoms with Crippen molar-refractivity contribution in [3.05, 3.63) is 87.4 Å². The zero-order chi connectivity index (χ0) is 18.4. The van der Waals surface area contributed by atoms with Crippen molar-refractivity contribution >= 4 is 22.5 Å². The molecule has 1 aliphatic rings. The van der Waals surface area contributed by atoms with Crippen LogP contribution < -0.4 is 5.56 Å². The maximum absolute atomic E-state index is 13.3. The van der Waals surface area contributed by atoms with Gasteiger partial charge in [-0.3, -0.25) is 4.79 Å². The summed E-state index contributed by atoms with van der Waals surface area (Å²) in [6, 6.07) is 17.3. The fourth-order valence-corrected chi connectivity index (χ4v) is 3.60. The van der Waals surface area contributed by atoms with Crippen LogP contribution in [-0.2, 0) is 6.54 Å². The van der Waals surface area contributed by atoms with Crippen LogP contribution in [0.1, 0.15) is 30.0 Å². The van der Waals surface area contributed by atoms with Crippen molar-refractivity contribution in [2.75, 3.05) is 0 Å². The minimum Gasteiger partial charge on any atom is -0.265 e. The fourth-order valence-electron chi connectivity index (χ4n) is 3.42. The summed E-state index contributed by atoms with van der Waals surface area (Å²) in [5.74, 6) is 0.409. The van der Waals surface area contributed by atoms with Crippen molar-refractivity contribution in [3.8, 4) is 5.69 Å². The van der Waals surface area contributed by atoms with Gasteiger partial charge in [-0.15, -0.1) is 0 Å². The van der Waals surface area contributed by atoms with Crippen molar-refractivity contribution < 1.29 is 0 Å². The van der Waals surface area contributed by atoms with Crippen molar-refractivity contribution in [1.29, 1.82) is 0 Å². The van der Waals surface area contributed by atoms with Gasteiger partial charge in [-0.2, -0.15) is 10.2 Å². The highest BCUT2D eigenvalue weighted by molar-refractivity contribution is 6.30. The van der Waals surface area contributed by atoms with Gasteiger partial charge in [-0.1, -0.05) is 48.0 Å². The molecule has 0 spiro atoms. The largest absolute Gasteiger partial charge is 0.293 e. The second kappa shape index (κ2) is 6.35. The van der Waals surface area contributed by atoms with Gasteiger partial charge in [0.15, 0.2) is 0 Å². The molecule has 2 aromatic heterocycles. The predicted molar refractivity (Wildman–Crippen MR) is 106 cm³/mol. The molecule has 0 amide bonds. The molecule has 1 aliphatic carbocycles. The van der Waals surface area contributed by atoms with Crippen molar-refractivity contribution in [3.63, 3.8) is 0 Å². The molecule has 2 heterocycles. The topological polar surface area (TPSA) is 52.7 Å². The Morgan fingerprint density at radius 3 is 2.63 bits per heavy atom. The highest BCUT2D eigenvalue weighted by atomic mass is 35.5. The summed E-state index contributed by atoms with van der Waals surface area (Å²) in [5, 5.41) is 10.6. The number of nitrogens with zero attached hydrogens (tertiary/aromatic N) is 4. The van der Waals surface area contributed by atoms with Gasteiger partial charge < -0.3 is 0 Å². The van der Waals surface area contributed by atoms with Gasteiger partial charge in [-0.05, 0) is 36.6 Å².